The van der Waals surface area contributed by atoms with Gasteiger partial charge in [-0.15, -0.1) is 10.2 Å². The molecule has 7 heteroatoms. The number of carbonyl (C=O) groups excluding carboxylic acids is 1. The normalized spacial score (nSPS) is 11.0. The van der Waals surface area contributed by atoms with Gasteiger partial charge in [0.15, 0.2) is 0 Å². The summed E-state index contributed by atoms with van der Waals surface area (Å²) >= 11 is 0. The Balaban J connectivity index is 1.82. The van der Waals surface area contributed by atoms with Gasteiger partial charge in [0, 0.05) is 24.4 Å². The summed E-state index contributed by atoms with van der Waals surface area (Å²) in [6.45, 7) is 4.13. The molecule has 2 aromatic heterocycles. The lowest BCUT2D eigenvalue weighted by molar-refractivity contribution is 0.102. The second kappa shape index (κ2) is 6.04. The minimum absolute atomic E-state index is 0.182. The molecule has 0 radical (unpaired) electrons. The molecule has 7 nitrogen and oxygen atoms in total. The first-order chi connectivity index (χ1) is 11.0. The van der Waals surface area contributed by atoms with E-state index < -0.39 is 0 Å². The van der Waals surface area contributed by atoms with E-state index in [0.29, 0.717) is 17.3 Å². The van der Waals surface area contributed by atoms with E-state index in [1.807, 2.05) is 25.2 Å². The first-order valence-electron chi connectivity index (χ1n) is 7.35. The van der Waals surface area contributed by atoms with E-state index in [-0.39, 0.29) is 5.91 Å². The minimum Gasteiger partial charge on any atom is -0.307 e. The molecular weight excluding hydrogens is 292 g/mol. The van der Waals surface area contributed by atoms with Crippen LogP contribution in [0.1, 0.15) is 35.8 Å². The summed E-state index contributed by atoms with van der Waals surface area (Å²) in [6, 6.07) is 9.17. The zero-order valence-electron chi connectivity index (χ0n) is 13.3. The maximum atomic E-state index is 12.5. The molecule has 0 unspecified atom stereocenters. The van der Waals surface area contributed by atoms with Gasteiger partial charge in [-0.05, 0) is 24.1 Å². The Morgan fingerprint density at radius 2 is 1.91 bits per heavy atom. The third-order valence-corrected chi connectivity index (χ3v) is 3.56. The Kier molecular flexibility index (Phi) is 3.92. The summed E-state index contributed by atoms with van der Waals surface area (Å²) < 4.78 is 3.43. The van der Waals surface area contributed by atoms with Gasteiger partial charge in [0.1, 0.15) is 18.5 Å². The van der Waals surface area contributed by atoms with Crippen molar-refractivity contribution in [3.63, 3.8) is 0 Å². The average Bonchev–Trinajstić information content (AvgIpc) is 3.18. The molecule has 0 fully saturated rings. The Labute approximate surface area is 134 Å². The number of amides is 1. The number of carbonyl (C=O) groups is 1. The predicted octanol–water partition coefficient (Wildman–Crippen LogP) is 2.38. The summed E-state index contributed by atoms with van der Waals surface area (Å²) in [4.78, 5) is 12.5. The fraction of sp³-hybridized carbons (Fsp3) is 0.250. The molecule has 0 spiro atoms. The number of nitrogens with zero attached hydrogens (tertiary/aromatic N) is 5. The lowest BCUT2D eigenvalue weighted by Crippen LogP contribution is -2.14. The Morgan fingerprint density at radius 1 is 1.17 bits per heavy atom. The van der Waals surface area contributed by atoms with E-state index in [0.717, 1.165) is 11.4 Å². The Hall–Kier alpha value is -2.96. The molecular formula is C16H18N6O. The number of benzene rings is 1. The van der Waals surface area contributed by atoms with Crippen LogP contribution in [0.25, 0.3) is 5.69 Å². The van der Waals surface area contributed by atoms with E-state index in [4.69, 9.17) is 0 Å². The van der Waals surface area contributed by atoms with Gasteiger partial charge in [-0.3, -0.25) is 14.0 Å². The van der Waals surface area contributed by atoms with Crippen molar-refractivity contribution in [3.8, 4) is 5.69 Å². The summed E-state index contributed by atoms with van der Waals surface area (Å²) in [5, 5.41) is 14.8. The lowest BCUT2D eigenvalue weighted by Gasteiger charge is -2.07. The van der Waals surface area contributed by atoms with Crippen molar-refractivity contribution in [1.29, 1.82) is 0 Å². The van der Waals surface area contributed by atoms with Crippen LogP contribution in [0.5, 0.6) is 0 Å². The van der Waals surface area contributed by atoms with Crippen molar-refractivity contribution in [2.24, 2.45) is 7.05 Å². The topological polar surface area (TPSA) is 77.6 Å². The van der Waals surface area contributed by atoms with Crippen LogP contribution in [0.3, 0.4) is 0 Å². The van der Waals surface area contributed by atoms with Crippen LogP contribution in [-0.4, -0.2) is 30.5 Å². The van der Waals surface area contributed by atoms with Crippen molar-refractivity contribution >= 4 is 11.7 Å². The quantitative estimate of drug-likeness (QED) is 0.802. The number of nitrogens with one attached hydrogen (secondary N) is 1. The van der Waals surface area contributed by atoms with Gasteiger partial charge in [-0.25, -0.2) is 0 Å². The zero-order valence-corrected chi connectivity index (χ0v) is 13.3. The van der Waals surface area contributed by atoms with Crippen LogP contribution < -0.4 is 5.32 Å². The van der Waals surface area contributed by atoms with E-state index in [1.165, 1.54) is 0 Å². The van der Waals surface area contributed by atoms with Crippen molar-refractivity contribution in [2.45, 2.75) is 19.8 Å². The predicted molar refractivity (Wildman–Crippen MR) is 86.6 cm³/mol. The summed E-state index contributed by atoms with van der Waals surface area (Å²) in [7, 11) is 1.81. The highest BCUT2D eigenvalue weighted by molar-refractivity contribution is 6.04. The number of aryl methyl sites for hydroxylation is 1. The van der Waals surface area contributed by atoms with E-state index in [1.54, 1.807) is 34.0 Å². The van der Waals surface area contributed by atoms with Gasteiger partial charge in [-0.1, -0.05) is 19.9 Å². The van der Waals surface area contributed by atoms with E-state index >= 15 is 0 Å². The van der Waals surface area contributed by atoms with Crippen LogP contribution >= 0.6 is 0 Å². The second-order valence-corrected chi connectivity index (χ2v) is 5.61. The van der Waals surface area contributed by atoms with Crippen LogP contribution in [0, 0.1) is 0 Å². The fourth-order valence-electron chi connectivity index (χ4n) is 2.22. The highest BCUT2D eigenvalue weighted by Crippen LogP contribution is 2.18. The number of rotatable bonds is 4. The standard InChI is InChI=1S/C16H18N6O/c1-11(2)14-8-15(21(3)20-14)19-16(23)12-5-4-6-13(7-12)22-9-17-18-10-22/h4-11H,1-3H3,(H,19,23). The number of aromatic nitrogens is 5. The van der Waals surface area contributed by atoms with Crippen molar-refractivity contribution in [1.82, 2.24) is 24.5 Å². The Morgan fingerprint density at radius 3 is 2.57 bits per heavy atom. The Bertz CT molecular complexity index is 819. The molecule has 1 aromatic carbocycles. The summed E-state index contributed by atoms with van der Waals surface area (Å²) in [5.41, 5.74) is 2.33. The molecule has 0 aliphatic heterocycles. The van der Waals surface area contributed by atoms with Gasteiger partial charge < -0.3 is 5.32 Å². The maximum absolute atomic E-state index is 12.5. The first-order valence-corrected chi connectivity index (χ1v) is 7.35. The zero-order chi connectivity index (χ0) is 16.4. The van der Waals surface area contributed by atoms with E-state index in [9.17, 15) is 4.79 Å². The van der Waals surface area contributed by atoms with Crippen molar-refractivity contribution < 1.29 is 4.79 Å². The molecule has 0 aliphatic rings. The first kappa shape index (κ1) is 15.0. The molecule has 2 heterocycles. The van der Waals surface area contributed by atoms with Gasteiger partial charge in [0.05, 0.1) is 5.69 Å². The molecule has 0 atom stereocenters. The minimum atomic E-state index is -0.182. The monoisotopic (exact) mass is 310 g/mol. The smallest absolute Gasteiger partial charge is 0.256 e. The van der Waals surface area contributed by atoms with Crippen molar-refractivity contribution in [3.05, 3.63) is 54.2 Å². The summed E-state index contributed by atoms with van der Waals surface area (Å²) in [6.07, 6.45) is 3.18. The second-order valence-electron chi connectivity index (χ2n) is 5.61. The van der Waals surface area contributed by atoms with E-state index in [2.05, 4.69) is 34.5 Å². The van der Waals surface area contributed by atoms with Crippen LogP contribution in [-0.2, 0) is 7.05 Å². The van der Waals surface area contributed by atoms with Gasteiger partial charge >= 0.3 is 0 Å². The molecule has 0 bridgehead atoms. The fourth-order valence-corrected chi connectivity index (χ4v) is 2.22. The third kappa shape index (κ3) is 3.13. The molecule has 3 aromatic rings. The highest BCUT2D eigenvalue weighted by atomic mass is 16.1. The average molecular weight is 310 g/mol. The lowest BCUT2D eigenvalue weighted by atomic mass is 10.1. The molecule has 0 saturated carbocycles. The van der Waals surface area contributed by atoms with Gasteiger partial charge in [0.2, 0.25) is 0 Å². The summed E-state index contributed by atoms with van der Waals surface area (Å²) in [5.74, 6) is 0.801. The number of hydrogen-bond acceptors (Lipinski definition) is 4. The molecule has 1 amide bonds. The van der Waals surface area contributed by atoms with Crippen LogP contribution in [0.15, 0.2) is 43.0 Å². The largest absolute Gasteiger partial charge is 0.307 e. The highest BCUT2D eigenvalue weighted by Gasteiger charge is 2.13. The molecule has 1 N–H and O–H groups in total. The molecule has 118 valence electrons. The van der Waals surface area contributed by atoms with Crippen LogP contribution in [0.2, 0.25) is 0 Å². The molecule has 0 saturated heterocycles. The molecule has 0 aliphatic carbocycles. The van der Waals surface area contributed by atoms with Gasteiger partial charge in [-0.2, -0.15) is 5.10 Å². The van der Waals surface area contributed by atoms with Gasteiger partial charge in [0.25, 0.3) is 5.91 Å². The molecule has 3 rings (SSSR count). The molecule has 23 heavy (non-hydrogen) atoms. The SMILES string of the molecule is CC(C)c1cc(NC(=O)c2cccc(-n3cnnc3)c2)n(C)n1. The van der Waals surface area contributed by atoms with Crippen LogP contribution in [0.4, 0.5) is 5.82 Å². The maximum Gasteiger partial charge on any atom is 0.256 e. The number of hydrogen-bond donors (Lipinski definition) is 1. The van der Waals surface area contributed by atoms with Crippen molar-refractivity contribution in [2.75, 3.05) is 5.32 Å². The third-order valence-electron chi connectivity index (χ3n) is 3.56. The number of anilines is 1.